The van der Waals surface area contributed by atoms with Crippen LogP contribution in [-0.4, -0.2) is 56.5 Å². The molecule has 2 rings (SSSR count). The lowest BCUT2D eigenvalue weighted by atomic mass is 10.1. The van der Waals surface area contributed by atoms with Crippen LogP contribution >= 0.6 is 11.8 Å². The fourth-order valence-electron chi connectivity index (χ4n) is 2.35. The fourth-order valence-corrected chi connectivity index (χ4v) is 3.18. The van der Waals surface area contributed by atoms with Crippen LogP contribution in [0.25, 0.3) is 6.08 Å². The lowest BCUT2D eigenvalue weighted by Gasteiger charge is -2.14. The largest absolute Gasteiger partial charge is 0.493 e. The maximum absolute atomic E-state index is 12.4. The predicted octanol–water partition coefficient (Wildman–Crippen LogP) is 2.31. The molecule has 1 aromatic carbocycles. The summed E-state index contributed by atoms with van der Waals surface area (Å²) in [6.07, 6.45) is 1.51. The second-order valence-electron chi connectivity index (χ2n) is 5.00. The summed E-state index contributed by atoms with van der Waals surface area (Å²) in [7, 11) is 4.43. The van der Waals surface area contributed by atoms with E-state index < -0.39 is 23.7 Å². The third-order valence-electron chi connectivity index (χ3n) is 3.49. The first-order valence-electron chi connectivity index (χ1n) is 7.66. The number of esters is 1. The van der Waals surface area contributed by atoms with Crippen molar-refractivity contribution in [3.05, 3.63) is 22.6 Å². The zero-order chi connectivity index (χ0) is 19.3. The Morgan fingerprint density at radius 1 is 1.12 bits per heavy atom. The molecule has 1 aliphatic heterocycles. The van der Waals surface area contributed by atoms with E-state index >= 15 is 0 Å². The molecule has 8 nitrogen and oxygen atoms in total. The van der Waals surface area contributed by atoms with Gasteiger partial charge >= 0.3 is 5.97 Å². The molecule has 9 heteroatoms. The third kappa shape index (κ3) is 3.93. The minimum Gasteiger partial charge on any atom is -0.493 e. The van der Waals surface area contributed by atoms with Crippen molar-refractivity contribution < 1.29 is 33.3 Å². The number of imide groups is 1. The number of rotatable bonds is 7. The first-order valence-corrected chi connectivity index (χ1v) is 8.48. The third-order valence-corrected chi connectivity index (χ3v) is 4.39. The van der Waals surface area contributed by atoms with Crippen LogP contribution in [0.1, 0.15) is 12.5 Å². The van der Waals surface area contributed by atoms with Gasteiger partial charge in [0, 0.05) is 5.56 Å². The highest BCUT2D eigenvalue weighted by atomic mass is 32.2. The van der Waals surface area contributed by atoms with Crippen LogP contribution in [0, 0.1) is 0 Å². The zero-order valence-electron chi connectivity index (χ0n) is 14.9. The van der Waals surface area contributed by atoms with Gasteiger partial charge < -0.3 is 18.9 Å². The molecule has 0 atom stereocenters. The zero-order valence-corrected chi connectivity index (χ0v) is 15.7. The number of ether oxygens (including phenoxy) is 4. The topological polar surface area (TPSA) is 91.4 Å². The quantitative estimate of drug-likeness (QED) is 0.525. The van der Waals surface area contributed by atoms with Crippen LogP contribution in [0.15, 0.2) is 17.0 Å². The highest BCUT2D eigenvalue weighted by Crippen LogP contribution is 2.42. The molecule has 1 saturated heterocycles. The monoisotopic (exact) mass is 381 g/mol. The number of carbonyl (C=O) groups excluding carboxylic acids is 3. The van der Waals surface area contributed by atoms with E-state index in [1.54, 1.807) is 19.1 Å². The van der Waals surface area contributed by atoms with Gasteiger partial charge in [-0.25, -0.2) is 0 Å². The Morgan fingerprint density at radius 3 is 2.38 bits per heavy atom. The molecule has 1 fully saturated rings. The molecule has 0 spiro atoms. The van der Waals surface area contributed by atoms with Gasteiger partial charge in [-0.15, -0.1) is 0 Å². The second-order valence-corrected chi connectivity index (χ2v) is 5.99. The molecule has 2 amide bonds. The van der Waals surface area contributed by atoms with Gasteiger partial charge in [-0.3, -0.25) is 19.3 Å². The Hall–Kier alpha value is -2.68. The van der Waals surface area contributed by atoms with Gasteiger partial charge in [-0.2, -0.15) is 0 Å². The highest BCUT2D eigenvalue weighted by Gasteiger charge is 2.37. The molecule has 0 aliphatic carbocycles. The predicted molar refractivity (Wildman–Crippen MR) is 95.4 cm³/mol. The lowest BCUT2D eigenvalue weighted by molar-refractivity contribution is -0.145. The van der Waals surface area contributed by atoms with Crippen LogP contribution in [0.2, 0.25) is 0 Å². The number of thioether (sulfide) groups is 1. The summed E-state index contributed by atoms with van der Waals surface area (Å²) in [6, 6.07) is 3.34. The Labute approximate surface area is 155 Å². The van der Waals surface area contributed by atoms with Crippen LogP contribution in [0.5, 0.6) is 17.2 Å². The summed E-state index contributed by atoms with van der Waals surface area (Å²) in [6.45, 7) is 1.40. The summed E-state index contributed by atoms with van der Waals surface area (Å²) < 4.78 is 20.7. The smallest absolute Gasteiger partial charge is 0.326 e. The van der Waals surface area contributed by atoms with E-state index in [-0.39, 0.29) is 11.5 Å². The number of amides is 2. The molecule has 0 aromatic heterocycles. The summed E-state index contributed by atoms with van der Waals surface area (Å²) >= 11 is 0.742. The maximum atomic E-state index is 12.4. The number of hydrogen-bond acceptors (Lipinski definition) is 8. The molecule has 140 valence electrons. The normalized spacial score (nSPS) is 15.4. The molecule has 1 aliphatic rings. The Bertz CT molecular complexity index is 760. The molecule has 1 aromatic rings. The molecular weight excluding hydrogens is 362 g/mol. The van der Waals surface area contributed by atoms with Crippen LogP contribution in [0.3, 0.4) is 0 Å². The number of carbonyl (C=O) groups is 3. The highest BCUT2D eigenvalue weighted by molar-refractivity contribution is 8.18. The lowest BCUT2D eigenvalue weighted by Crippen LogP contribution is -2.34. The molecule has 0 saturated carbocycles. The minimum absolute atomic E-state index is 0.171. The second kappa shape index (κ2) is 8.61. The van der Waals surface area contributed by atoms with Crippen LogP contribution < -0.4 is 14.2 Å². The molecular formula is C17H19NO7S. The Balaban J connectivity index is 2.34. The van der Waals surface area contributed by atoms with E-state index in [1.807, 2.05) is 0 Å². The van der Waals surface area contributed by atoms with E-state index in [2.05, 4.69) is 0 Å². The summed E-state index contributed by atoms with van der Waals surface area (Å²) in [5, 5.41) is -0.534. The van der Waals surface area contributed by atoms with Crippen molar-refractivity contribution in [1.82, 2.24) is 4.90 Å². The van der Waals surface area contributed by atoms with Gasteiger partial charge in [0.25, 0.3) is 11.1 Å². The number of methoxy groups -OCH3 is 3. The first-order chi connectivity index (χ1) is 12.5. The number of nitrogens with zero attached hydrogens (tertiary/aromatic N) is 1. The van der Waals surface area contributed by atoms with E-state index in [0.717, 1.165) is 16.7 Å². The fraction of sp³-hybridized carbons (Fsp3) is 0.353. The van der Waals surface area contributed by atoms with Gasteiger partial charge in [0.15, 0.2) is 11.5 Å². The summed E-state index contributed by atoms with van der Waals surface area (Å²) in [4.78, 5) is 37.1. The number of benzene rings is 1. The van der Waals surface area contributed by atoms with Gasteiger partial charge in [0.1, 0.15) is 6.54 Å². The van der Waals surface area contributed by atoms with Crippen molar-refractivity contribution in [3.8, 4) is 17.2 Å². The van der Waals surface area contributed by atoms with E-state index in [9.17, 15) is 14.4 Å². The molecule has 0 N–H and O–H groups in total. The molecule has 1 heterocycles. The molecule has 0 unspecified atom stereocenters. The summed E-state index contributed by atoms with van der Waals surface area (Å²) in [5.41, 5.74) is 0.534. The maximum Gasteiger partial charge on any atom is 0.326 e. The molecule has 0 radical (unpaired) electrons. The summed E-state index contributed by atoms with van der Waals surface area (Å²) in [5.74, 6) is 0.0000904. The van der Waals surface area contributed by atoms with Gasteiger partial charge in [-0.05, 0) is 36.9 Å². The Morgan fingerprint density at radius 2 is 1.81 bits per heavy atom. The standard InChI is InChI=1S/C17H19NO7S/c1-5-25-13(19)9-18-16(20)12(26-17(18)21)8-10-6-7-11(22-2)15(24-4)14(10)23-3/h6-8H,5,9H2,1-4H3. The van der Waals surface area contributed by atoms with Crippen LogP contribution in [0.4, 0.5) is 4.79 Å². The minimum atomic E-state index is -0.639. The van der Waals surface area contributed by atoms with E-state index in [1.165, 1.54) is 27.4 Å². The van der Waals surface area contributed by atoms with Crippen molar-refractivity contribution in [3.63, 3.8) is 0 Å². The van der Waals surface area contributed by atoms with Gasteiger partial charge in [0.05, 0.1) is 32.8 Å². The van der Waals surface area contributed by atoms with Crippen molar-refractivity contribution in [2.24, 2.45) is 0 Å². The van der Waals surface area contributed by atoms with Crippen molar-refractivity contribution >= 4 is 35.0 Å². The molecule has 26 heavy (non-hydrogen) atoms. The van der Waals surface area contributed by atoms with Gasteiger partial charge in [0.2, 0.25) is 5.75 Å². The van der Waals surface area contributed by atoms with Crippen molar-refractivity contribution in [1.29, 1.82) is 0 Å². The first kappa shape index (κ1) is 19.6. The average Bonchev–Trinajstić information content (AvgIpc) is 2.88. The van der Waals surface area contributed by atoms with E-state index in [4.69, 9.17) is 18.9 Å². The van der Waals surface area contributed by atoms with Crippen molar-refractivity contribution in [2.75, 3.05) is 34.5 Å². The molecule has 0 bridgehead atoms. The Kier molecular flexibility index (Phi) is 6.51. The van der Waals surface area contributed by atoms with E-state index in [0.29, 0.717) is 22.8 Å². The van der Waals surface area contributed by atoms with Crippen LogP contribution in [-0.2, 0) is 14.3 Å². The van der Waals surface area contributed by atoms with Gasteiger partial charge in [-0.1, -0.05) is 0 Å². The average molecular weight is 381 g/mol. The number of hydrogen-bond donors (Lipinski definition) is 0. The SMILES string of the molecule is CCOC(=O)CN1C(=O)SC(=Cc2ccc(OC)c(OC)c2OC)C1=O. The van der Waals surface area contributed by atoms with Crippen molar-refractivity contribution in [2.45, 2.75) is 6.92 Å².